The Morgan fingerprint density at radius 3 is 2.29 bits per heavy atom. The highest BCUT2D eigenvalue weighted by Crippen LogP contribution is 2.37. The van der Waals surface area contributed by atoms with E-state index >= 15 is 0 Å². The molecule has 0 bridgehead atoms. The number of carboxylic acid groups (broad SMARTS) is 2. The minimum Gasteiger partial charge on any atom is -0.487 e. The number of hydrogen-bond acceptors (Lipinski definition) is 6. The van der Waals surface area contributed by atoms with E-state index in [0.717, 1.165) is 50.2 Å². The highest BCUT2D eigenvalue weighted by Gasteiger charge is 2.43. The number of Topliss-reactive ketones (excluding diaryl/α,β-unsaturated/α-hetero) is 1. The normalized spacial score (nSPS) is 18.9. The minimum absolute atomic E-state index is 0.00774. The van der Waals surface area contributed by atoms with Crippen LogP contribution in [0.5, 0.6) is 5.75 Å². The van der Waals surface area contributed by atoms with Crippen molar-refractivity contribution in [2.45, 2.75) is 50.9 Å². The predicted molar refractivity (Wildman–Crippen MR) is 125 cm³/mol. The van der Waals surface area contributed by atoms with Crippen LogP contribution < -0.4 is 4.74 Å². The van der Waals surface area contributed by atoms with Crippen LogP contribution in [0, 0.1) is 5.82 Å². The molecule has 9 heteroatoms. The lowest BCUT2D eigenvalue weighted by molar-refractivity contribution is -0.159. The van der Waals surface area contributed by atoms with Crippen LogP contribution in [0.15, 0.2) is 48.5 Å². The topological polar surface area (TPSA) is 113 Å². The third-order valence-corrected chi connectivity index (χ3v) is 6.46. The number of carbonyl (C=O) groups is 3. The number of fused-ring (bicyclic) bond motifs is 1. The van der Waals surface area contributed by atoms with Gasteiger partial charge in [0.05, 0.1) is 6.61 Å². The van der Waals surface area contributed by atoms with Gasteiger partial charge in [0.25, 0.3) is 0 Å². The summed E-state index contributed by atoms with van der Waals surface area (Å²) in [6, 6.07) is 13.9. The summed E-state index contributed by atoms with van der Waals surface area (Å²) in [4.78, 5) is 32.9. The highest BCUT2D eigenvalue weighted by atomic mass is 19.1. The molecule has 35 heavy (non-hydrogen) atoms. The van der Waals surface area contributed by atoms with Crippen molar-refractivity contribution in [3.8, 4) is 5.75 Å². The largest absolute Gasteiger partial charge is 0.487 e. The molecule has 0 radical (unpaired) electrons. The second-order valence-corrected chi connectivity index (χ2v) is 8.71. The first kappa shape index (κ1) is 26.3. The number of carboxylic acids is 2. The smallest absolute Gasteiger partial charge is 0.414 e. The summed E-state index contributed by atoms with van der Waals surface area (Å²) in [5.74, 6) is -2.96. The van der Waals surface area contributed by atoms with E-state index in [1.54, 1.807) is 12.1 Å². The van der Waals surface area contributed by atoms with Gasteiger partial charge in [-0.15, -0.1) is 0 Å². The van der Waals surface area contributed by atoms with Crippen molar-refractivity contribution in [3.05, 3.63) is 65.5 Å². The number of piperidine rings is 1. The maximum atomic E-state index is 13.0. The molecule has 0 saturated carbocycles. The molecule has 188 valence electrons. The van der Waals surface area contributed by atoms with Crippen molar-refractivity contribution in [2.75, 3.05) is 19.6 Å². The van der Waals surface area contributed by atoms with Crippen molar-refractivity contribution in [1.82, 2.24) is 4.90 Å². The van der Waals surface area contributed by atoms with Crippen LogP contribution in [0.25, 0.3) is 0 Å². The van der Waals surface area contributed by atoms with Crippen LogP contribution in [0.1, 0.15) is 48.5 Å². The van der Waals surface area contributed by atoms with Crippen molar-refractivity contribution in [3.63, 3.8) is 0 Å². The second-order valence-electron chi connectivity index (χ2n) is 8.71. The Labute approximate surface area is 203 Å². The second kappa shape index (κ2) is 11.9. The van der Waals surface area contributed by atoms with Crippen LogP contribution in [0.2, 0.25) is 0 Å². The number of aliphatic carboxylic acids is 2. The summed E-state index contributed by atoms with van der Waals surface area (Å²) in [5.41, 5.74) is 1.44. The highest BCUT2D eigenvalue weighted by molar-refractivity contribution is 6.27. The van der Waals surface area contributed by atoms with E-state index in [2.05, 4.69) is 17.9 Å². The molecule has 2 aromatic carbocycles. The third-order valence-electron chi connectivity index (χ3n) is 6.46. The molecule has 2 heterocycles. The number of para-hydroxylation sites is 1. The Hall–Kier alpha value is -3.30. The number of ketones is 1. The predicted octanol–water partition coefficient (Wildman–Crippen LogP) is 3.78. The fraction of sp³-hybridized carbons (Fsp3) is 0.423. The summed E-state index contributed by atoms with van der Waals surface area (Å²) >= 11 is 0. The quantitative estimate of drug-likeness (QED) is 0.484. The van der Waals surface area contributed by atoms with Gasteiger partial charge in [-0.3, -0.25) is 4.79 Å². The molecule has 0 aromatic heterocycles. The zero-order chi connectivity index (χ0) is 25.4. The maximum absolute atomic E-state index is 13.0. The molecule has 2 aliphatic heterocycles. The standard InChI is InChI=1S/C24H28FNO3.C2H2O4/c1-18-24(28-17-20-5-2-3-7-23(20)29-18)12-15-26(16-13-24)14-4-6-22(27)19-8-10-21(25)11-9-19;3-1(4)2(5)6/h2-3,5,7-11,18H,4,6,12-17H2,1H3;(H,3,4)(H,5,6). The molecule has 2 aromatic rings. The van der Waals surface area contributed by atoms with E-state index < -0.39 is 11.9 Å². The Kier molecular flexibility index (Phi) is 8.95. The first-order valence-corrected chi connectivity index (χ1v) is 11.6. The zero-order valence-electron chi connectivity index (χ0n) is 19.6. The molecule has 2 aliphatic rings. The summed E-state index contributed by atoms with van der Waals surface area (Å²) < 4.78 is 25.6. The maximum Gasteiger partial charge on any atom is 0.414 e. The van der Waals surface area contributed by atoms with Crippen LogP contribution in [0.3, 0.4) is 0 Å². The van der Waals surface area contributed by atoms with Crippen LogP contribution in [0.4, 0.5) is 4.39 Å². The molecule has 1 fully saturated rings. The molecule has 0 amide bonds. The lowest BCUT2D eigenvalue weighted by Crippen LogP contribution is -2.53. The molecule has 4 rings (SSSR count). The van der Waals surface area contributed by atoms with E-state index in [9.17, 15) is 9.18 Å². The lowest BCUT2D eigenvalue weighted by Gasteiger charge is -2.43. The van der Waals surface area contributed by atoms with Gasteiger partial charge in [-0.1, -0.05) is 18.2 Å². The first-order chi connectivity index (χ1) is 16.7. The average molecular weight is 488 g/mol. The van der Waals surface area contributed by atoms with Gasteiger partial charge in [0.2, 0.25) is 0 Å². The molecular formula is C26H30FNO7. The SMILES string of the molecule is CC1Oc2ccccc2COC12CCN(CCCC(=O)c1ccc(F)cc1)CC2.O=C(O)C(=O)O. The Balaban J connectivity index is 0.000000509. The number of benzene rings is 2. The number of hydrogen-bond donors (Lipinski definition) is 2. The van der Waals surface area contributed by atoms with Crippen molar-refractivity contribution >= 4 is 17.7 Å². The monoisotopic (exact) mass is 487 g/mol. The summed E-state index contributed by atoms with van der Waals surface area (Å²) in [5, 5.41) is 14.8. The van der Waals surface area contributed by atoms with Gasteiger partial charge >= 0.3 is 11.9 Å². The van der Waals surface area contributed by atoms with Gasteiger partial charge in [0.15, 0.2) is 5.78 Å². The number of likely N-dealkylation sites (tertiary alicyclic amines) is 1. The van der Waals surface area contributed by atoms with E-state index in [0.29, 0.717) is 18.6 Å². The van der Waals surface area contributed by atoms with Crippen LogP contribution >= 0.6 is 0 Å². The van der Waals surface area contributed by atoms with Crippen LogP contribution in [-0.2, 0) is 20.9 Å². The molecule has 1 atom stereocenters. The van der Waals surface area contributed by atoms with Gasteiger partial charge < -0.3 is 24.6 Å². The van der Waals surface area contributed by atoms with Crippen molar-refractivity contribution < 1.29 is 38.5 Å². The zero-order valence-corrected chi connectivity index (χ0v) is 19.6. The Morgan fingerprint density at radius 1 is 1.03 bits per heavy atom. The minimum atomic E-state index is -1.82. The van der Waals surface area contributed by atoms with E-state index in [1.807, 2.05) is 18.2 Å². The molecule has 1 saturated heterocycles. The van der Waals surface area contributed by atoms with Gasteiger partial charge in [-0.2, -0.15) is 0 Å². The number of rotatable bonds is 5. The van der Waals surface area contributed by atoms with Crippen molar-refractivity contribution in [1.29, 1.82) is 0 Å². The first-order valence-electron chi connectivity index (χ1n) is 11.6. The van der Waals surface area contributed by atoms with Gasteiger partial charge in [0, 0.05) is 30.6 Å². The third kappa shape index (κ3) is 7.10. The molecular weight excluding hydrogens is 457 g/mol. The van der Waals surface area contributed by atoms with E-state index in [-0.39, 0.29) is 23.3 Å². The van der Waals surface area contributed by atoms with E-state index in [1.165, 1.54) is 12.1 Å². The van der Waals surface area contributed by atoms with Crippen LogP contribution in [-0.4, -0.2) is 64.2 Å². The van der Waals surface area contributed by atoms with E-state index in [4.69, 9.17) is 29.3 Å². The average Bonchev–Trinajstić information content (AvgIpc) is 2.97. The molecule has 2 N–H and O–H groups in total. The summed E-state index contributed by atoms with van der Waals surface area (Å²) in [6.45, 7) is 5.47. The number of nitrogens with zero attached hydrogens (tertiary/aromatic N) is 1. The number of halogens is 1. The molecule has 8 nitrogen and oxygen atoms in total. The van der Waals surface area contributed by atoms with Gasteiger partial charge in [0.1, 0.15) is 23.3 Å². The lowest BCUT2D eigenvalue weighted by atomic mass is 9.86. The number of ether oxygens (including phenoxy) is 2. The van der Waals surface area contributed by atoms with Gasteiger partial charge in [-0.05, 0) is 63.1 Å². The summed E-state index contributed by atoms with van der Waals surface area (Å²) in [7, 11) is 0. The summed E-state index contributed by atoms with van der Waals surface area (Å²) in [6.07, 6.45) is 3.15. The fourth-order valence-corrected chi connectivity index (χ4v) is 4.32. The molecule has 1 spiro atoms. The van der Waals surface area contributed by atoms with Crippen molar-refractivity contribution in [2.24, 2.45) is 0 Å². The Bertz CT molecular complexity index is 1020. The van der Waals surface area contributed by atoms with Gasteiger partial charge in [-0.25, -0.2) is 14.0 Å². The Morgan fingerprint density at radius 2 is 1.66 bits per heavy atom. The molecule has 0 aliphatic carbocycles. The number of carbonyl (C=O) groups excluding carboxylic acids is 1. The fourth-order valence-electron chi connectivity index (χ4n) is 4.32. The molecule has 1 unspecified atom stereocenters.